The maximum atomic E-state index is 13.8. The second-order valence-corrected chi connectivity index (χ2v) is 12.3. The fourth-order valence-corrected chi connectivity index (χ4v) is 5.76. The minimum absolute atomic E-state index is 0.0666. The molecule has 2 heterocycles. The van der Waals surface area contributed by atoms with Crippen LogP contribution in [0, 0.1) is 17.8 Å². The van der Waals surface area contributed by atoms with Crippen LogP contribution in [-0.2, 0) is 35.2 Å². The van der Waals surface area contributed by atoms with E-state index >= 15 is 0 Å². The zero-order valence-corrected chi connectivity index (χ0v) is 27.4. The van der Waals surface area contributed by atoms with Gasteiger partial charge in [0.2, 0.25) is 24.5 Å². The summed E-state index contributed by atoms with van der Waals surface area (Å²) in [4.78, 5) is 79.3. The van der Waals surface area contributed by atoms with E-state index < -0.39 is 65.2 Å². The molecule has 3 N–H and O–H groups in total. The molecule has 12 heteroatoms. The predicted octanol–water partition coefficient (Wildman–Crippen LogP) is 3.28. The van der Waals surface area contributed by atoms with E-state index in [-0.39, 0.29) is 19.6 Å². The van der Waals surface area contributed by atoms with Crippen LogP contribution in [0.5, 0.6) is 11.5 Å². The molecular weight excluding hydrogens is 628 g/mol. The molecule has 3 aromatic carbocycles. The molecule has 1 fully saturated rings. The Morgan fingerprint density at radius 1 is 0.857 bits per heavy atom. The maximum absolute atomic E-state index is 13.8. The summed E-state index contributed by atoms with van der Waals surface area (Å²) in [6.45, 7) is 5.01. The predicted molar refractivity (Wildman–Crippen MR) is 178 cm³/mol. The summed E-state index contributed by atoms with van der Waals surface area (Å²) in [5, 5.41) is 6.21. The van der Waals surface area contributed by atoms with E-state index in [1.807, 2.05) is 6.07 Å². The summed E-state index contributed by atoms with van der Waals surface area (Å²) < 4.78 is 10.7. The van der Waals surface area contributed by atoms with Crippen molar-refractivity contribution in [3.63, 3.8) is 0 Å². The molecule has 5 rings (SSSR count). The zero-order chi connectivity index (χ0) is 35.1. The Kier molecular flexibility index (Phi) is 10.9. The van der Waals surface area contributed by atoms with Crippen LogP contribution in [0.1, 0.15) is 49.9 Å². The third kappa shape index (κ3) is 8.39. The number of imide groups is 1. The lowest BCUT2D eigenvalue weighted by molar-refractivity contribution is -0.149. The van der Waals surface area contributed by atoms with Gasteiger partial charge in [0.15, 0.2) is 17.3 Å². The monoisotopic (exact) mass is 666 g/mol. The lowest BCUT2D eigenvalue weighted by atomic mass is 9.85. The number of amides is 5. The van der Waals surface area contributed by atoms with Gasteiger partial charge in [0.05, 0.1) is 30.8 Å². The first kappa shape index (κ1) is 34.6. The summed E-state index contributed by atoms with van der Waals surface area (Å²) in [6.07, 6.45) is 2.68. The van der Waals surface area contributed by atoms with E-state index in [2.05, 4.69) is 16.1 Å². The molecular formula is C37H38N4O8. The normalized spacial score (nSPS) is 18.0. The van der Waals surface area contributed by atoms with E-state index in [4.69, 9.17) is 9.47 Å². The average molecular weight is 667 g/mol. The van der Waals surface area contributed by atoms with E-state index in [0.29, 0.717) is 27.6 Å². The van der Waals surface area contributed by atoms with Crippen LogP contribution < -0.4 is 25.5 Å². The molecule has 3 aromatic rings. The van der Waals surface area contributed by atoms with Crippen molar-refractivity contribution in [3.05, 3.63) is 102 Å². The number of ether oxygens (including phenoxy) is 2. The number of nitrogens with one attached hydrogen (secondary N) is 3. The molecule has 5 amide bonds. The summed E-state index contributed by atoms with van der Waals surface area (Å²) in [7, 11) is 0. The Bertz CT molecular complexity index is 1760. The van der Waals surface area contributed by atoms with Gasteiger partial charge >= 0.3 is 0 Å². The molecule has 49 heavy (non-hydrogen) atoms. The number of fused-ring (bicyclic) bond motifs is 1. The van der Waals surface area contributed by atoms with E-state index in [9.17, 15) is 28.8 Å². The fourth-order valence-electron chi connectivity index (χ4n) is 5.76. The highest BCUT2D eigenvalue weighted by molar-refractivity contribution is 6.17. The largest absolute Gasteiger partial charge is 0.454 e. The topological polar surface area (TPSA) is 160 Å². The third-order valence-corrected chi connectivity index (χ3v) is 8.37. The van der Waals surface area contributed by atoms with E-state index in [1.165, 1.54) is 13.0 Å². The van der Waals surface area contributed by atoms with Crippen LogP contribution in [0.25, 0.3) is 6.08 Å². The number of rotatable bonds is 13. The van der Waals surface area contributed by atoms with Gasteiger partial charge in [-0.15, -0.1) is 0 Å². The molecule has 2 aliphatic rings. The molecule has 12 nitrogen and oxygen atoms in total. The van der Waals surface area contributed by atoms with Crippen molar-refractivity contribution in [2.45, 2.75) is 45.7 Å². The second kappa shape index (κ2) is 15.4. The standard InChI is InChI=1S/C37H38N4O8/c1-22(2)34(35(45)33-23(3)36(46)41(37(33)47)40-32(44)19-24-10-6-4-7-11-24)39-31(43)20-27(26-12-8-5-9-13-26)38-30(42)17-15-25-14-16-28-29(18-25)49-21-48-28/h4-18,22-23,27,33-34H,19-21H2,1-3H3,(H,38,42)(H,39,43)(H,40,44)/b17-15+/t23-,27-,33+,34-/m0/s1. The highest BCUT2D eigenvalue weighted by atomic mass is 16.7. The van der Waals surface area contributed by atoms with Crippen LogP contribution in [-0.4, -0.2) is 53.2 Å². The third-order valence-electron chi connectivity index (χ3n) is 8.37. The molecule has 0 aliphatic carbocycles. The van der Waals surface area contributed by atoms with Gasteiger partial charge < -0.3 is 20.1 Å². The van der Waals surface area contributed by atoms with Gasteiger partial charge in [-0.25, -0.2) is 0 Å². The number of carbonyl (C=O) groups is 6. The van der Waals surface area contributed by atoms with Gasteiger partial charge in [0.1, 0.15) is 5.92 Å². The van der Waals surface area contributed by atoms with Gasteiger partial charge in [0, 0.05) is 6.08 Å². The molecule has 254 valence electrons. The number of ketones is 1. The first-order chi connectivity index (χ1) is 23.5. The minimum atomic E-state index is -1.40. The van der Waals surface area contributed by atoms with Crippen LogP contribution in [0.2, 0.25) is 0 Å². The van der Waals surface area contributed by atoms with Crippen LogP contribution >= 0.6 is 0 Å². The van der Waals surface area contributed by atoms with E-state index in [0.717, 1.165) is 5.56 Å². The second-order valence-electron chi connectivity index (χ2n) is 12.3. The number of hydrazine groups is 1. The molecule has 1 saturated heterocycles. The molecule has 0 saturated carbocycles. The number of hydrogen-bond donors (Lipinski definition) is 3. The van der Waals surface area contributed by atoms with Gasteiger partial charge in [-0.05, 0) is 40.8 Å². The molecule has 0 unspecified atom stereocenters. The molecule has 2 aliphatic heterocycles. The SMILES string of the molecule is CC(C)[C@H](NC(=O)C[C@H](NC(=O)/C=C/c1ccc2c(c1)OCO2)c1ccccc1)C(=O)[C@@H]1C(=O)N(NC(=O)Cc2ccccc2)C(=O)[C@H]1C. The summed E-state index contributed by atoms with van der Waals surface area (Å²) in [5.41, 5.74) is 4.42. The molecule has 4 atom stereocenters. The molecule has 0 spiro atoms. The number of nitrogens with zero attached hydrogens (tertiary/aromatic N) is 1. The highest BCUT2D eigenvalue weighted by Gasteiger charge is 2.51. The van der Waals surface area contributed by atoms with Gasteiger partial charge in [-0.3, -0.25) is 34.2 Å². The summed E-state index contributed by atoms with van der Waals surface area (Å²) in [6, 6.07) is 21.1. The van der Waals surface area contributed by atoms with Crippen LogP contribution in [0.4, 0.5) is 0 Å². The average Bonchev–Trinajstić information content (AvgIpc) is 3.64. The summed E-state index contributed by atoms with van der Waals surface area (Å²) >= 11 is 0. The molecule has 0 bridgehead atoms. The smallest absolute Gasteiger partial charge is 0.259 e. The number of hydrogen-bond acceptors (Lipinski definition) is 8. The van der Waals surface area contributed by atoms with Gasteiger partial charge in [0.25, 0.3) is 11.8 Å². The van der Waals surface area contributed by atoms with Crippen molar-refractivity contribution in [3.8, 4) is 11.5 Å². The number of Topliss-reactive ketones (excluding diaryl/α,β-unsaturated/α-hetero) is 1. The Labute approximate surface area is 283 Å². The lowest BCUT2D eigenvalue weighted by Gasteiger charge is -2.26. The van der Waals surface area contributed by atoms with Crippen molar-refractivity contribution in [2.24, 2.45) is 17.8 Å². The lowest BCUT2D eigenvalue weighted by Crippen LogP contribution is -2.51. The molecule has 0 radical (unpaired) electrons. The van der Waals surface area contributed by atoms with Crippen molar-refractivity contribution in [1.82, 2.24) is 21.1 Å². The summed E-state index contributed by atoms with van der Waals surface area (Å²) in [5.74, 6) is -5.47. The Hall–Kier alpha value is -5.78. The zero-order valence-electron chi connectivity index (χ0n) is 27.4. The maximum Gasteiger partial charge on any atom is 0.259 e. The Morgan fingerprint density at radius 2 is 1.53 bits per heavy atom. The van der Waals surface area contributed by atoms with Crippen molar-refractivity contribution in [2.75, 3.05) is 6.79 Å². The van der Waals surface area contributed by atoms with Crippen molar-refractivity contribution in [1.29, 1.82) is 0 Å². The molecule has 0 aromatic heterocycles. The first-order valence-electron chi connectivity index (χ1n) is 16.0. The quantitative estimate of drug-likeness (QED) is 0.142. The number of benzene rings is 3. The van der Waals surface area contributed by atoms with E-state index in [1.54, 1.807) is 92.7 Å². The van der Waals surface area contributed by atoms with Gasteiger partial charge in [-0.1, -0.05) is 87.5 Å². The highest BCUT2D eigenvalue weighted by Crippen LogP contribution is 2.33. The minimum Gasteiger partial charge on any atom is -0.454 e. The van der Waals surface area contributed by atoms with Gasteiger partial charge in [-0.2, -0.15) is 5.01 Å². The van der Waals surface area contributed by atoms with Crippen molar-refractivity contribution >= 4 is 41.4 Å². The first-order valence-corrected chi connectivity index (χ1v) is 16.0. The Balaban J connectivity index is 1.24. The van der Waals surface area contributed by atoms with Crippen LogP contribution in [0.3, 0.4) is 0 Å². The van der Waals surface area contributed by atoms with Crippen LogP contribution in [0.15, 0.2) is 84.9 Å². The number of carbonyl (C=O) groups excluding carboxylic acids is 6. The van der Waals surface area contributed by atoms with Crippen molar-refractivity contribution < 1.29 is 38.2 Å². The Morgan fingerprint density at radius 3 is 2.22 bits per heavy atom. The fraction of sp³-hybridized carbons (Fsp3) is 0.297.